The van der Waals surface area contributed by atoms with E-state index < -0.39 is 0 Å². The first-order valence-electron chi connectivity index (χ1n) is 10.8. The van der Waals surface area contributed by atoms with Crippen molar-refractivity contribution < 1.29 is 9.53 Å². The lowest BCUT2D eigenvalue weighted by Crippen LogP contribution is -2.35. The first-order valence-corrected chi connectivity index (χ1v) is 10.8. The zero-order valence-electron chi connectivity index (χ0n) is 17.6. The number of nitrogens with one attached hydrogen (secondary N) is 1. The number of fused-ring (bicyclic) bond motifs is 1. The second kappa shape index (κ2) is 9.72. The summed E-state index contributed by atoms with van der Waals surface area (Å²) in [6, 6.07) is 17.5. The van der Waals surface area contributed by atoms with Crippen molar-refractivity contribution in [3.8, 4) is 17.0 Å². The maximum Gasteiger partial charge on any atom is 0.252 e. The van der Waals surface area contributed by atoms with E-state index in [2.05, 4.69) is 10.2 Å². The minimum absolute atomic E-state index is 0.0433. The van der Waals surface area contributed by atoms with Gasteiger partial charge in [-0.15, -0.1) is 0 Å². The second-order valence-electron chi connectivity index (χ2n) is 7.81. The van der Waals surface area contributed by atoms with Crippen molar-refractivity contribution in [3.63, 3.8) is 0 Å². The van der Waals surface area contributed by atoms with Crippen molar-refractivity contribution >= 4 is 16.8 Å². The molecule has 2 heterocycles. The monoisotopic (exact) mass is 403 g/mol. The third kappa shape index (κ3) is 4.79. The highest BCUT2D eigenvalue weighted by Gasteiger charge is 2.15. The Labute approximate surface area is 178 Å². The molecule has 0 bridgehead atoms. The van der Waals surface area contributed by atoms with Crippen LogP contribution in [-0.2, 0) is 0 Å². The van der Waals surface area contributed by atoms with Gasteiger partial charge in [-0.3, -0.25) is 4.79 Å². The number of likely N-dealkylation sites (tertiary alicyclic amines) is 1. The topological polar surface area (TPSA) is 54.5 Å². The summed E-state index contributed by atoms with van der Waals surface area (Å²) in [7, 11) is 1.65. The van der Waals surface area contributed by atoms with Crippen molar-refractivity contribution in [2.45, 2.75) is 25.7 Å². The van der Waals surface area contributed by atoms with E-state index in [9.17, 15) is 4.79 Å². The fourth-order valence-electron chi connectivity index (χ4n) is 4.06. The number of methoxy groups -OCH3 is 1. The number of rotatable bonds is 6. The Kier molecular flexibility index (Phi) is 6.60. The normalized spacial score (nSPS) is 15.0. The molecule has 5 nitrogen and oxygen atoms in total. The summed E-state index contributed by atoms with van der Waals surface area (Å²) >= 11 is 0. The Morgan fingerprint density at radius 3 is 2.50 bits per heavy atom. The van der Waals surface area contributed by atoms with Crippen LogP contribution >= 0.6 is 0 Å². The predicted molar refractivity (Wildman–Crippen MR) is 121 cm³/mol. The van der Waals surface area contributed by atoms with E-state index in [1.807, 2.05) is 54.6 Å². The molecule has 2 aromatic carbocycles. The number of para-hydroxylation sites is 1. The average molecular weight is 404 g/mol. The van der Waals surface area contributed by atoms with E-state index in [1.165, 1.54) is 25.7 Å². The van der Waals surface area contributed by atoms with Crippen molar-refractivity contribution in [1.82, 2.24) is 15.2 Å². The molecule has 1 fully saturated rings. The molecule has 0 aliphatic carbocycles. The van der Waals surface area contributed by atoms with E-state index >= 15 is 0 Å². The van der Waals surface area contributed by atoms with Gasteiger partial charge in [0.1, 0.15) is 5.75 Å². The van der Waals surface area contributed by atoms with Gasteiger partial charge in [0.2, 0.25) is 0 Å². The number of pyridine rings is 1. The summed E-state index contributed by atoms with van der Waals surface area (Å²) in [5.74, 6) is 0.754. The van der Waals surface area contributed by atoms with Gasteiger partial charge in [0.15, 0.2) is 0 Å². The van der Waals surface area contributed by atoms with Crippen LogP contribution in [-0.4, -0.2) is 49.1 Å². The maximum atomic E-state index is 13.1. The summed E-state index contributed by atoms with van der Waals surface area (Å²) in [6.07, 6.45) is 5.16. The second-order valence-corrected chi connectivity index (χ2v) is 7.81. The number of hydrogen-bond acceptors (Lipinski definition) is 4. The van der Waals surface area contributed by atoms with E-state index in [1.54, 1.807) is 7.11 Å². The smallest absolute Gasteiger partial charge is 0.252 e. The van der Waals surface area contributed by atoms with Crippen LogP contribution in [0.4, 0.5) is 0 Å². The fourth-order valence-corrected chi connectivity index (χ4v) is 4.06. The van der Waals surface area contributed by atoms with Crippen molar-refractivity contribution in [2.75, 3.05) is 33.3 Å². The van der Waals surface area contributed by atoms with Crippen LogP contribution in [0.25, 0.3) is 22.2 Å². The number of carbonyl (C=O) groups excluding carboxylic acids is 1. The molecular formula is C25H29N3O2. The lowest BCUT2D eigenvalue weighted by molar-refractivity contribution is 0.0950. The molecule has 30 heavy (non-hydrogen) atoms. The lowest BCUT2D eigenvalue weighted by Gasteiger charge is -2.20. The third-order valence-electron chi connectivity index (χ3n) is 5.76. The van der Waals surface area contributed by atoms with Crippen molar-refractivity contribution in [2.24, 2.45) is 0 Å². The number of benzene rings is 2. The predicted octanol–water partition coefficient (Wildman–Crippen LogP) is 4.52. The third-order valence-corrected chi connectivity index (χ3v) is 5.76. The molecule has 1 aliphatic heterocycles. The van der Waals surface area contributed by atoms with Crippen molar-refractivity contribution in [1.29, 1.82) is 0 Å². The molecule has 0 saturated carbocycles. The minimum atomic E-state index is -0.0433. The number of ether oxygens (including phenoxy) is 1. The molecule has 3 aromatic rings. The number of carbonyl (C=O) groups is 1. The molecule has 1 saturated heterocycles. The van der Waals surface area contributed by atoms with Crippen LogP contribution in [0, 0.1) is 0 Å². The van der Waals surface area contributed by atoms with Gasteiger partial charge in [-0.1, -0.05) is 31.0 Å². The molecule has 0 atom stereocenters. The zero-order valence-corrected chi connectivity index (χ0v) is 17.6. The minimum Gasteiger partial charge on any atom is -0.497 e. The quantitative estimate of drug-likeness (QED) is 0.658. The molecule has 1 aliphatic rings. The Hall–Kier alpha value is -2.92. The highest BCUT2D eigenvalue weighted by Crippen LogP contribution is 2.26. The number of nitrogens with zero attached hydrogens (tertiary/aromatic N) is 2. The molecule has 0 spiro atoms. The molecule has 1 N–H and O–H groups in total. The highest BCUT2D eigenvalue weighted by atomic mass is 16.5. The van der Waals surface area contributed by atoms with E-state index in [0.29, 0.717) is 12.1 Å². The molecule has 5 heteroatoms. The molecule has 1 amide bonds. The van der Waals surface area contributed by atoms with Gasteiger partial charge < -0.3 is 15.0 Å². The molecule has 1 aromatic heterocycles. The molecule has 0 unspecified atom stereocenters. The summed E-state index contributed by atoms with van der Waals surface area (Å²) in [5, 5.41) is 4.00. The Balaban J connectivity index is 1.54. The number of amides is 1. The summed E-state index contributed by atoms with van der Waals surface area (Å²) in [5.41, 5.74) is 3.24. The highest BCUT2D eigenvalue weighted by molar-refractivity contribution is 6.07. The van der Waals surface area contributed by atoms with E-state index in [-0.39, 0.29) is 5.91 Å². The van der Waals surface area contributed by atoms with Gasteiger partial charge in [-0.05, 0) is 62.3 Å². The van der Waals surface area contributed by atoms with Crippen LogP contribution in [0.2, 0.25) is 0 Å². The Bertz CT molecular complexity index is 993. The number of hydrogen-bond donors (Lipinski definition) is 1. The van der Waals surface area contributed by atoms with Crippen LogP contribution in [0.1, 0.15) is 36.0 Å². The SMILES string of the molecule is COc1ccc(-c2cc(C(=O)NCCN3CCCCCC3)c3ccccc3n2)cc1. The van der Waals surface area contributed by atoms with Gasteiger partial charge >= 0.3 is 0 Å². The zero-order chi connectivity index (χ0) is 20.8. The van der Waals surface area contributed by atoms with Crippen LogP contribution in [0.3, 0.4) is 0 Å². The van der Waals surface area contributed by atoms with E-state index in [0.717, 1.165) is 47.5 Å². The van der Waals surface area contributed by atoms with Crippen LogP contribution in [0.5, 0.6) is 5.75 Å². The standard InChI is InChI=1S/C25H29N3O2/c1-30-20-12-10-19(11-13-20)24-18-22(21-8-4-5-9-23(21)27-24)25(29)26-14-17-28-15-6-2-3-7-16-28/h4-5,8-13,18H,2-3,6-7,14-17H2,1H3,(H,26,29). The van der Waals surface area contributed by atoms with Gasteiger partial charge in [0.25, 0.3) is 5.91 Å². The van der Waals surface area contributed by atoms with Crippen LogP contribution < -0.4 is 10.1 Å². The Morgan fingerprint density at radius 2 is 1.77 bits per heavy atom. The first kappa shape index (κ1) is 20.4. The maximum absolute atomic E-state index is 13.1. The molecular weight excluding hydrogens is 374 g/mol. The van der Waals surface area contributed by atoms with Gasteiger partial charge in [-0.2, -0.15) is 0 Å². The summed E-state index contributed by atoms with van der Waals surface area (Å²) in [4.78, 5) is 20.3. The fraction of sp³-hybridized carbons (Fsp3) is 0.360. The van der Waals surface area contributed by atoms with Gasteiger partial charge in [-0.25, -0.2) is 4.98 Å². The van der Waals surface area contributed by atoms with Crippen LogP contribution in [0.15, 0.2) is 54.6 Å². The van der Waals surface area contributed by atoms with E-state index in [4.69, 9.17) is 9.72 Å². The summed E-state index contributed by atoms with van der Waals surface area (Å²) < 4.78 is 5.25. The van der Waals surface area contributed by atoms with Crippen molar-refractivity contribution in [3.05, 3.63) is 60.2 Å². The Morgan fingerprint density at radius 1 is 1.03 bits per heavy atom. The molecule has 156 valence electrons. The molecule has 4 rings (SSSR count). The molecule has 0 radical (unpaired) electrons. The lowest BCUT2D eigenvalue weighted by atomic mass is 10.0. The first-order chi connectivity index (χ1) is 14.7. The van der Waals surface area contributed by atoms with Gasteiger partial charge in [0.05, 0.1) is 23.9 Å². The van der Waals surface area contributed by atoms with Gasteiger partial charge in [0, 0.05) is 24.0 Å². The average Bonchev–Trinajstić information content (AvgIpc) is 3.07. The number of aromatic nitrogens is 1. The largest absolute Gasteiger partial charge is 0.497 e. The summed E-state index contributed by atoms with van der Waals surface area (Å²) in [6.45, 7) is 3.83.